The predicted molar refractivity (Wildman–Crippen MR) is 193 cm³/mol. The van der Waals surface area contributed by atoms with Crippen LogP contribution < -0.4 is 16.7 Å². The van der Waals surface area contributed by atoms with Crippen LogP contribution >= 0.6 is 0 Å². The van der Waals surface area contributed by atoms with Crippen LogP contribution in [0, 0.1) is 23.4 Å². The number of allylic oxidation sites excluding steroid dienone is 3. The van der Waals surface area contributed by atoms with E-state index in [-0.39, 0.29) is 47.1 Å². The number of aliphatic hydroxyl groups excluding tert-OH is 1. The summed E-state index contributed by atoms with van der Waals surface area (Å²) >= 11 is 0. The molecule has 0 aliphatic heterocycles. The van der Waals surface area contributed by atoms with E-state index >= 15 is 0 Å². The van der Waals surface area contributed by atoms with Gasteiger partial charge in [-0.15, -0.1) is 0 Å². The van der Waals surface area contributed by atoms with E-state index in [1.54, 1.807) is 30.5 Å². The fourth-order valence-corrected chi connectivity index (χ4v) is 5.53. The van der Waals surface area contributed by atoms with E-state index in [0.717, 1.165) is 27.5 Å². The molecular formula is C38H43F3N6O4. The Morgan fingerprint density at radius 1 is 1.06 bits per heavy atom. The van der Waals surface area contributed by atoms with Crippen molar-refractivity contribution in [3.05, 3.63) is 116 Å². The molecule has 0 radical (unpaired) electrons. The van der Waals surface area contributed by atoms with Crippen LogP contribution in [-0.2, 0) is 11.3 Å². The van der Waals surface area contributed by atoms with Crippen LogP contribution in [0.5, 0.6) is 0 Å². The second kappa shape index (κ2) is 17.1. The van der Waals surface area contributed by atoms with Gasteiger partial charge in [0.15, 0.2) is 11.6 Å². The summed E-state index contributed by atoms with van der Waals surface area (Å²) in [6.07, 6.45) is 8.63. The predicted octanol–water partition coefficient (Wildman–Crippen LogP) is 7.23. The van der Waals surface area contributed by atoms with Gasteiger partial charge in [-0.2, -0.15) is 4.98 Å². The Bertz CT molecular complexity index is 2120. The Morgan fingerprint density at radius 3 is 2.45 bits per heavy atom. The maximum absolute atomic E-state index is 14.9. The molecule has 0 bridgehead atoms. The molecule has 2 aromatic carbocycles. The highest BCUT2D eigenvalue weighted by Crippen LogP contribution is 2.21. The van der Waals surface area contributed by atoms with E-state index in [2.05, 4.69) is 15.3 Å². The second-order valence-electron chi connectivity index (χ2n) is 12.5. The summed E-state index contributed by atoms with van der Waals surface area (Å²) in [5.74, 6) is -4.45. The number of aliphatic hydroxyl groups is 1. The summed E-state index contributed by atoms with van der Waals surface area (Å²) in [7, 11) is 0. The molecule has 51 heavy (non-hydrogen) atoms. The van der Waals surface area contributed by atoms with Gasteiger partial charge < -0.3 is 10.4 Å². The number of nitrogens with one attached hydrogen (secondary N) is 1. The Morgan fingerprint density at radius 2 is 1.76 bits per heavy atom. The van der Waals surface area contributed by atoms with Gasteiger partial charge in [-0.05, 0) is 45.3 Å². The molecule has 13 heteroatoms. The van der Waals surface area contributed by atoms with Gasteiger partial charge in [0.05, 0.1) is 36.2 Å². The number of rotatable bonds is 15. The Kier molecular flexibility index (Phi) is 12.9. The molecule has 270 valence electrons. The van der Waals surface area contributed by atoms with E-state index in [1.807, 2.05) is 40.7 Å². The van der Waals surface area contributed by atoms with Gasteiger partial charge in [0.2, 0.25) is 5.95 Å². The molecule has 3 atom stereocenters. The zero-order valence-electron chi connectivity index (χ0n) is 29.6. The number of carbonyl (C=O) groups is 1. The van der Waals surface area contributed by atoms with Crippen molar-refractivity contribution in [3.8, 4) is 5.69 Å². The highest BCUT2D eigenvalue weighted by atomic mass is 19.2. The lowest BCUT2D eigenvalue weighted by Crippen LogP contribution is -2.43. The minimum Gasteiger partial charge on any atom is -0.510 e. The topological polar surface area (TPSA) is 131 Å². The Balaban J connectivity index is 1.79. The molecule has 0 saturated heterocycles. The van der Waals surface area contributed by atoms with Crippen molar-refractivity contribution in [3.63, 3.8) is 0 Å². The molecule has 2 N–H and O–H groups in total. The number of hydrogen-bond acceptors (Lipinski definition) is 8. The van der Waals surface area contributed by atoms with Gasteiger partial charge in [-0.25, -0.2) is 27.3 Å². The lowest BCUT2D eigenvalue weighted by atomic mass is 9.95. The standard InChI is InChI=1S/C38H43F3N6O4/c1-7-12-23(5)34(48)16-27(9-3)44-32(22(4)8-2)18-35(49)24(6)43-36-45-37(50)47(33-20-42-19-25-13-10-11-14-28(25)33)38(51)46(36)21-26-15-30(40)31(41)17-29(26)39/h8,10-11,13-15,17-20,23-24,27,49H,7,9,12,16,21H2,1-6H3,(H,43,45,50)/b22-8-,35-18+,44-32?. The smallest absolute Gasteiger partial charge is 0.359 e. The number of fused-ring (bicyclic) bond motifs is 1. The third kappa shape index (κ3) is 9.07. The summed E-state index contributed by atoms with van der Waals surface area (Å²) in [4.78, 5) is 53.5. The largest absolute Gasteiger partial charge is 0.510 e. The Labute approximate surface area is 294 Å². The number of anilines is 1. The molecule has 0 amide bonds. The van der Waals surface area contributed by atoms with Crippen LogP contribution in [0.2, 0.25) is 0 Å². The van der Waals surface area contributed by atoms with E-state index < -0.39 is 41.4 Å². The van der Waals surface area contributed by atoms with Gasteiger partial charge in [0, 0.05) is 47.0 Å². The first kappa shape index (κ1) is 38.5. The molecule has 0 aliphatic carbocycles. The summed E-state index contributed by atoms with van der Waals surface area (Å²) in [5, 5.41) is 15.3. The number of carbonyl (C=O) groups excluding carboxylic acids is 1. The molecule has 0 spiro atoms. The van der Waals surface area contributed by atoms with Crippen molar-refractivity contribution < 1.29 is 23.1 Å². The molecule has 2 heterocycles. The SMILES string of the molecule is C/C=C(/C)C(/C=C(/O)C(C)Nc1nc(=O)n(-c2cncc3ccccc23)c(=O)n1Cc1cc(F)c(F)cc1F)=NC(CC)CC(=O)C(C)CCC. The normalized spacial score (nSPS) is 14.4. The summed E-state index contributed by atoms with van der Waals surface area (Å²) in [6, 6.07) is 6.57. The quantitative estimate of drug-likeness (QED) is 0.0758. The molecule has 0 aliphatic rings. The van der Waals surface area contributed by atoms with Crippen LogP contribution in [-0.4, -0.2) is 47.8 Å². The highest BCUT2D eigenvalue weighted by Gasteiger charge is 2.22. The van der Waals surface area contributed by atoms with Crippen molar-refractivity contribution in [1.82, 2.24) is 19.1 Å². The van der Waals surface area contributed by atoms with Crippen LogP contribution in [0.25, 0.3) is 16.5 Å². The number of Topliss-reactive ketones (excluding diaryl/α,β-unsaturated/α-hetero) is 1. The van der Waals surface area contributed by atoms with Crippen molar-refractivity contribution in [2.24, 2.45) is 10.9 Å². The molecule has 10 nitrogen and oxygen atoms in total. The third-order valence-corrected chi connectivity index (χ3v) is 8.79. The minimum atomic E-state index is -1.41. The van der Waals surface area contributed by atoms with Gasteiger partial charge >= 0.3 is 11.4 Å². The first-order chi connectivity index (χ1) is 24.3. The second-order valence-corrected chi connectivity index (χ2v) is 12.5. The maximum atomic E-state index is 14.9. The molecule has 3 unspecified atom stereocenters. The Hall–Kier alpha value is -5.33. The monoisotopic (exact) mass is 704 g/mol. The van der Waals surface area contributed by atoms with Crippen molar-refractivity contribution in [2.75, 3.05) is 5.32 Å². The molecule has 2 aromatic heterocycles. The van der Waals surface area contributed by atoms with E-state index in [1.165, 1.54) is 19.2 Å². The lowest BCUT2D eigenvalue weighted by molar-refractivity contribution is -0.122. The molecule has 0 saturated carbocycles. The number of pyridine rings is 1. The maximum Gasteiger partial charge on any atom is 0.359 e. The first-order valence-electron chi connectivity index (χ1n) is 16.9. The van der Waals surface area contributed by atoms with Crippen molar-refractivity contribution >= 4 is 28.2 Å². The summed E-state index contributed by atoms with van der Waals surface area (Å²) in [6.45, 7) is 10.4. The fraction of sp³-hybridized carbons (Fsp3) is 0.368. The number of ketones is 1. The van der Waals surface area contributed by atoms with Crippen LogP contribution in [0.15, 0.2) is 86.9 Å². The van der Waals surface area contributed by atoms with Gasteiger partial charge in [0.1, 0.15) is 17.4 Å². The number of halogens is 3. The number of aliphatic imine (C=N–C) groups is 1. The molecule has 4 rings (SSSR count). The summed E-state index contributed by atoms with van der Waals surface area (Å²) < 4.78 is 44.6. The zero-order chi connectivity index (χ0) is 37.4. The molecule has 0 fully saturated rings. The summed E-state index contributed by atoms with van der Waals surface area (Å²) in [5.41, 5.74) is -1.10. The lowest BCUT2D eigenvalue weighted by Gasteiger charge is -2.20. The molecular weight excluding hydrogens is 661 g/mol. The highest BCUT2D eigenvalue weighted by molar-refractivity contribution is 6.08. The van der Waals surface area contributed by atoms with E-state index in [4.69, 9.17) is 4.99 Å². The first-order valence-corrected chi connectivity index (χ1v) is 16.9. The fourth-order valence-electron chi connectivity index (χ4n) is 5.53. The number of benzene rings is 2. The van der Waals surface area contributed by atoms with Gasteiger partial charge in [-0.3, -0.25) is 19.3 Å². The number of nitrogens with zero attached hydrogens (tertiary/aromatic N) is 5. The number of aromatic nitrogens is 4. The van der Waals surface area contributed by atoms with E-state index in [9.17, 15) is 32.7 Å². The minimum absolute atomic E-state index is 0.0870. The van der Waals surface area contributed by atoms with Crippen LogP contribution in [0.4, 0.5) is 19.1 Å². The zero-order valence-corrected chi connectivity index (χ0v) is 29.6. The average molecular weight is 705 g/mol. The van der Waals surface area contributed by atoms with Crippen molar-refractivity contribution in [2.45, 2.75) is 85.9 Å². The van der Waals surface area contributed by atoms with Gasteiger partial charge in [0.25, 0.3) is 0 Å². The number of hydrogen-bond donors (Lipinski definition) is 2. The third-order valence-electron chi connectivity index (χ3n) is 8.79. The van der Waals surface area contributed by atoms with Gasteiger partial charge in [-0.1, -0.05) is 57.5 Å². The van der Waals surface area contributed by atoms with Crippen LogP contribution in [0.1, 0.15) is 72.8 Å². The van der Waals surface area contributed by atoms with Crippen molar-refractivity contribution in [1.29, 1.82) is 0 Å². The molecule has 4 aromatic rings. The average Bonchev–Trinajstić information content (AvgIpc) is 3.10. The van der Waals surface area contributed by atoms with E-state index in [0.29, 0.717) is 35.0 Å². The van der Waals surface area contributed by atoms with Crippen LogP contribution in [0.3, 0.4) is 0 Å².